The van der Waals surface area contributed by atoms with Gasteiger partial charge in [-0.1, -0.05) is 11.6 Å². The maximum absolute atomic E-state index is 5.95. The van der Waals surface area contributed by atoms with Crippen molar-refractivity contribution in [1.82, 2.24) is 9.88 Å². The third-order valence-corrected chi connectivity index (χ3v) is 2.98. The Morgan fingerprint density at radius 2 is 2.18 bits per heavy atom. The Bertz CT molecular complexity index is 481. The van der Waals surface area contributed by atoms with Gasteiger partial charge in [-0.05, 0) is 24.3 Å². The number of nitrogens with zero attached hydrogens (tertiary/aromatic N) is 1. The average molecular weight is 253 g/mol. The predicted octanol–water partition coefficient (Wildman–Crippen LogP) is 2.53. The molecule has 1 heterocycles. The van der Waals surface area contributed by atoms with Crippen molar-refractivity contribution in [3.8, 4) is 0 Å². The van der Waals surface area contributed by atoms with E-state index >= 15 is 0 Å². The number of rotatable bonds is 6. The summed E-state index contributed by atoms with van der Waals surface area (Å²) < 4.78 is 7.21. The van der Waals surface area contributed by atoms with Gasteiger partial charge in [-0.2, -0.15) is 0 Å². The second-order valence-corrected chi connectivity index (χ2v) is 4.39. The van der Waals surface area contributed by atoms with Crippen LogP contribution in [0.15, 0.2) is 30.5 Å². The molecule has 0 unspecified atom stereocenters. The quantitative estimate of drug-likeness (QED) is 0.800. The molecule has 0 fully saturated rings. The first kappa shape index (κ1) is 12.4. The number of hydrogen-bond acceptors (Lipinski definition) is 2. The highest BCUT2D eigenvalue weighted by Gasteiger charge is 2.00. The molecule has 92 valence electrons. The van der Waals surface area contributed by atoms with Crippen LogP contribution in [0.4, 0.5) is 0 Å². The lowest BCUT2D eigenvalue weighted by Gasteiger charge is -2.07. The molecular formula is C13H17ClN2O. The maximum Gasteiger partial charge on any atom is 0.0587 e. The zero-order valence-electron chi connectivity index (χ0n) is 9.95. The van der Waals surface area contributed by atoms with Crippen LogP contribution in [0.3, 0.4) is 0 Å². The lowest BCUT2D eigenvalue weighted by Crippen LogP contribution is -2.23. The Balaban J connectivity index is 1.95. The van der Waals surface area contributed by atoms with E-state index in [0.29, 0.717) is 0 Å². The Kier molecular flexibility index (Phi) is 4.42. The van der Waals surface area contributed by atoms with Crippen molar-refractivity contribution in [1.29, 1.82) is 0 Å². The summed E-state index contributed by atoms with van der Waals surface area (Å²) in [5.41, 5.74) is 1.22. The fourth-order valence-electron chi connectivity index (χ4n) is 1.86. The molecule has 0 radical (unpaired) electrons. The molecule has 0 aliphatic rings. The fourth-order valence-corrected chi connectivity index (χ4v) is 2.05. The fraction of sp³-hybridized carbons (Fsp3) is 0.385. The van der Waals surface area contributed by atoms with Crippen LogP contribution in [0.1, 0.15) is 0 Å². The molecule has 0 atom stereocenters. The van der Waals surface area contributed by atoms with Gasteiger partial charge in [-0.15, -0.1) is 0 Å². The van der Waals surface area contributed by atoms with Crippen molar-refractivity contribution in [2.45, 2.75) is 6.54 Å². The maximum atomic E-state index is 5.95. The van der Waals surface area contributed by atoms with Crippen LogP contribution in [0.25, 0.3) is 10.9 Å². The van der Waals surface area contributed by atoms with Crippen LogP contribution in [0.2, 0.25) is 5.02 Å². The first-order chi connectivity index (χ1) is 8.31. The molecule has 3 nitrogen and oxygen atoms in total. The van der Waals surface area contributed by atoms with Crippen molar-refractivity contribution in [3.05, 3.63) is 35.5 Å². The first-order valence-corrected chi connectivity index (χ1v) is 6.13. The highest BCUT2D eigenvalue weighted by atomic mass is 35.5. The van der Waals surface area contributed by atoms with Gasteiger partial charge in [-0.25, -0.2) is 0 Å². The number of halogens is 1. The molecule has 0 amide bonds. The molecular weight excluding hydrogens is 236 g/mol. The largest absolute Gasteiger partial charge is 0.383 e. The van der Waals surface area contributed by atoms with Crippen molar-refractivity contribution in [3.63, 3.8) is 0 Å². The van der Waals surface area contributed by atoms with Gasteiger partial charge < -0.3 is 14.6 Å². The number of aromatic nitrogens is 1. The lowest BCUT2D eigenvalue weighted by molar-refractivity contribution is 0.199. The van der Waals surface area contributed by atoms with Gasteiger partial charge in [-0.3, -0.25) is 0 Å². The van der Waals surface area contributed by atoms with Crippen molar-refractivity contribution < 1.29 is 4.74 Å². The van der Waals surface area contributed by atoms with Crippen LogP contribution >= 0.6 is 11.6 Å². The highest BCUT2D eigenvalue weighted by molar-refractivity contribution is 6.31. The van der Waals surface area contributed by atoms with Gasteiger partial charge in [0.25, 0.3) is 0 Å². The van der Waals surface area contributed by atoms with Gasteiger partial charge in [0.1, 0.15) is 0 Å². The van der Waals surface area contributed by atoms with E-state index in [2.05, 4.69) is 28.2 Å². The lowest BCUT2D eigenvalue weighted by atomic mass is 10.2. The molecule has 1 aromatic carbocycles. The normalized spacial score (nSPS) is 11.2. The SMILES string of the molecule is COCCNCCn1ccc2cc(Cl)ccc21. The van der Waals surface area contributed by atoms with Gasteiger partial charge in [0, 0.05) is 48.9 Å². The summed E-state index contributed by atoms with van der Waals surface area (Å²) >= 11 is 5.95. The second kappa shape index (κ2) is 6.05. The van der Waals surface area contributed by atoms with Crippen LogP contribution < -0.4 is 5.32 Å². The number of hydrogen-bond donors (Lipinski definition) is 1. The minimum absolute atomic E-state index is 0.752. The summed E-state index contributed by atoms with van der Waals surface area (Å²) in [5.74, 6) is 0. The van der Waals surface area contributed by atoms with Crippen molar-refractivity contribution in [2.75, 3.05) is 26.8 Å². The topological polar surface area (TPSA) is 26.2 Å². The monoisotopic (exact) mass is 252 g/mol. The van der Waals surface area contributed by atoms with Crippen LogP contribution in [0, 0.1) is 0 Å². The summed E-state index contributed by atoms with van der Waals surface area (Å²) in [7, 11) is 1.71. The molecule has 0 aliphatic carbocycles. The predicted molar refractivity (Wildman–Crippen MR) is 71.7 cm³/mol. The minimum atomic E-state index is 0.752. The number of fused-ring (bicyclic) bond motifs is 1. The zero-order chi connectivity index (χ0) is 12.1. The van der Waals surface area contributed by atoms with Crippen LogP contribution in [-0.4, -0.2) is 31.4 Å². The van der Waals surface area contributed by atoms with E-state index in [1.54, 1.807) is 7.11 Å². The van der Waals surface area contributed by atoms with E-state index < -0.39 is 0 Å². The molecule has 0 aliphatic heterocycles. The third kappa shape index (κ3) is 3.22. The first-order valence-electron chi connectivity index (χ1n) is 5.75. The van der Waals surface area contributed by atoms with E-state index in [1.165, 1.54) is 10.9 Å². The van der Waals surface area contributed by atoms with Gasteiger partial charge in [0.15, 0.2) is 0 Å². The molecule has 2 rings (SSSR count). The smallest absolute Gasteiger partial charge is 0.0587 e. The highest BCUT2D eigenvalue weighted by Crippen LogP contribution is 2.20. The number of methoxy groups -OCH3 is 1. The molecule has 0 saturated heterocycles. The minimum Gasteiger partial charge on any atom is -0.383 e. The van der Waals surface area contributed by atoms with Gasteiger partial charge >= 0.3 is 0 Å². The summed E-state index contributed by atoms with van der Waals surface area (Å²) in [5, 5.41) is 5.30. The Morgan fingerprint density at radius 3 is 3.00 bits per heavy atom. The number of ether oxygens (including phenoxy) is 1. The summed E-state index contributed by atoms with van der Waals surface area (Å²) in [6.45, 7) is 3.54. The molecule has 17 heavy (non-hydrogen) atoms. The van der Waals surface area contributed by atoms with Crippen LogP contribution in [-0.2, 0) is 11.3 Å². The Hall–Kier alpha value is -1.03. The van der Waals surface area contributed by atoms with E-state index in [4.69, 9.17) is 16.3 Å². The number of benzene rings is 1. The van der Waals surface area contributed by atoms with E-state index in [9.17, 15) is 0 Å². The molecule has 0 saturated carbocycles. The van der Waals surface area contributed by atoms with Gasteiger partial charge in [0.05, 0.1) is 6.61 Å². The van der Waals surface area contributed by atoms with Gasteiger partial charge in [0.2, 0.25) is 0 Å². The summed E-state index contributed by atoms with van der Waals surface area (Å²) in [4.78, 5) is 0. The van der Waals surface area contributed by atoms with Crippen molar-refractivity contribution in [2.24, 2.45) is 0 Å². The molecule has 2 aromatic rings. The molecule has 1 aromatic heterocycles. The van der Waals surface area contributed by atoms with Crippen molar-refractivity contribution >= 4 is 22.5 Å². The zero-order valence-corrected chi connectivity index (χ0v) is 10.7. The van der Waals surface area contributed by atoms with E-state index in [1.807, 2.05) is 12.1 Å². The van der Waals surface area contributed by atoms with E-state index in [0.717, 1.165) is 31.3 Å². The number of nitrogens with one attached hydrogen (secondary N) is 1. The molecule has 0 spiro atoms. The van der Waals surface area contributed by atoms with E-state index in [-0.39, 0.29) is 0 Å². The summed E-state index contributed by atoms with van der Waals surface area (Å²) in [6, 6.07) is 8.08. The van der Waals surface area contributed by atoms with Crippen LogP contribution in [0.5, 0.6) is 0 Å². The molecule has 1 N–H and O–H groups in total. The summed E-state index contributed by atoms with van der Waals surface area (Å²) in [6.07, 6.45) is 2.10. The molecule has 0 bridgehead atoms. The standard InChI is InChI=1S/C13H17ClN2O/c1-17-9-6-15-5-8-16-7-4-11-10-12(14)2-3-13(11)16/h2-4,7,10,15H,5-6,8-9H2,1H3. The second-order valence-electron chi connectivity index (χ2n) is 3.96. The Labute approximate surface area is 106 Å². The average Bonchev–Trinajstić information content (AvgIpc) is 2.71. The third-order valence-electron chi connectivity index (χ3n) is 2.75. The molecule has 4 heteroatoms. The Morgan fingerprint density at radius 1 is 1.29 bits per heavy atom.